The lowest BCUT2D eigenvalue weighted by atomic mass is 10.1. The maximum Gasteiger partial charge on any atom is 0.252 e. The van der Waals surface area contributed by atoms with Gasteiger partial charge in [0.25, 0.3) is 5.91 Å². The monoisotopic (exact) mass is 275 g/mol. The zero-order chi connectivity index (χ0) is 13.2. The summed E-state index contributed by atoms with van der Waals surface area (Å²) in [6.07, 6.45) is 7.48. The molecule has 5 heteroatoms. The number of carbonyl (C=O) groups excluding carboxylic acids is 1. The van der Waals surface area contributed by atoms with E-state index in [0.29, 0.717) is 12.0 Å². The molecule has 4 rings (SSSR count). The predicted molar refractivity (Wildman–Crippen MR) is 71.1 cm³/mol. The van der Waals surface area contributed by atoms with E-state index < -0.39 is 9.84 Å². The van der Waals surface area contributed by atoms with E-state index in [2.05, 4.69) is 11.4 Å². The largest absolute Gasteiger partial charge is 0.348 e. The molecule has 0 spiro atoms. The predicted octanol–water partition coefficient (Wildman–Crippen LogP) is 0.796. The molecule has 1 N–H and O–H groups in total. The molecule has 3 aliphatic carbocycles. The van der Waals surface area contributed by atoms with Crippen LogP contribution >= 0.6 is 0 Å². The second-order valence-corrected chi connectivity index (χ2v) is 7.70. The molecule has 19 heavy (non-hydrogen) atoms. The number of fused-ring (bicyclic) bond motifs is 2. The number of allylic oxidation sites excluding steroid dienone is 6. The minimum absolute atomic E-state index is 0.0695. The summed E-state index contributed by atoms with van der Waals surface area (Å²) >= 11 is 0. The first-order valence-corrected chi connectivity index (χ1v) is 8.24. The Morgan fingerprint density at radius 2 is 2.11 bits per heavy atom. The molecule has 0 aromatic carbocycles. The molecule has 1 atom stereocenters. The van der Waals surface area contributed by atoms with Crippen molar-refractivity contribution in [3.8, 4) is 0 Å². The summed E-state index contributed by atoms with van der Waals surface area (Å²) in [6.45, 7) is 0. The summed E-state index contributed by atoms with van der Waals surface area (Å²) in [5.41, 5.74) is 5.56. The fraction of sp³-hybridized carbons (Fsp3) is 0.357. The van der Waals surface area contributed by atoms with Crippen LogP contribution in [0.1, 0.15) is 12.8 Å². The second-order valence-electron chi connectivity index (χ2n) is 5.47. The van der Waals surface area contributed by atoms with Crippen LogP contribution in [0.4, 0.5) is 0 Å². The minimum atomic E-state index is -2.95. The molecule has 0 aromatic rings. The maximum absolute atomic E-state index is 12.2. The van der Waals surface area contributed by atoms with E-state index in [9.17, 15) is 13.2 Å². The lowest BCUT2D eigenvalue weighted by molar-refractivity contribution is -0.117. The van der Waals surface area contributed by atoms with Crippen molar-refractivity contribution in [3.05, 3.63) is 46.1 Å². The Hall–Kier alpha value is -1.62. The van der Waals surface area contributed by atoms with Gasteiger partial charge in [-0.1, -0.05) is 6.08 Å². The van der Waals surface area contributed by atoms with Gasteiger partial charge in [0.15, 0.2) is 9.84 Å². The third-order valence-corrected chi connectivity index (χ3v) is 5.85. The Morgan fingerprint density at radius 1 is 1.26 bits per heavy atom. The number of carbonyl (C=O) groups is 1. The molecule has 1 saturated carbocycles. The zero-order valence-corrected chi connectivity index (χ0v) is 11.1. The quantitative estimate of drug-likeness (QED) is 0.810. The van der Waals surface area contributed by atoms with Crippen LogP contribution < -0.4 is 5.32 Å². The summed E-state index contributed by atoms with van der Waals surface area (Å²) < 4.78 is 22.8. The van der Waals surface area contributed by atoms with E-state index in [4.69, 9.17) is 0 Å². The molecule has 1 unspecified atom stereocenters. The van der Waals surface area contributed by atoms with E-state index in [0.717, 1.165) is 12.0 Å². The zero-order valence-electron chi connectivity index (χ0n) is 10.3. The first-order valence-electron chi connectivity index (χ1n) is 6.42. The standard InChI is InChI=1S/C14H13NO3S/c16-14(15-9-3-4-19(17,18)7-9)11-2-1-10-12-5-8(12)6-13(10)11/h1-2,6,9H,3-5,7H2,(H,15,16). The molecule has 1 saturated heterocycles. The number of hydrogen-bond donors (Lipinski definition) is 1. The van der Waals surface area contributed by atoms with Crippen LogP contribution in [0.25, 0.3) is 0 Å². The van der Waals surface area contributed by atoms with Gasteiger partial charge in [-0.3, -0.25) is 4.79 Å². The topological polar surface area (TPSA) is 63.2 Å². The Labute approximate surface area is 111 Å². The van der Waals surface area contributed by atoms with Crippen molar-refractivity contribution in [1.82, 2.24) is 5.32 Å². The Morgan fingerprint density at radius 3 is 2.84 bits per heavy atom. The number of rotatable bonds is 2. The molecule has 0 bridgehead atoms. The van der Waals surface area contributed by atoms with E-state index >= 15 is 0 Å². The van der Waals surface area contributed by atoms with Gasteiger partial charge in [-0.05, 0) is 47.3 Å². The van der Waals surface area contributed by atoms with Gasteiger partial charge in [-0.25, -0.2) is 8.42 Å². The van der Waals surface area contributed by atoms with E-state index in [1.54, 1.807) is 0 Å². The smallest absolute Gasteiger partial charge is 0.252 e. The third kappa shape index (κ3) is 1.72. The van der Waals surface area contributed by atoms with Crippen LogP contribution in [0.5, 0.6) is 0 Å². The Kier molecular flexibility index (Phi) is 2.05. The molecule has 1 aliphatic heterocycles. The van der Waals surface area contributed by atoms with Crippen molar-refractivity contribution < 1.29 is 13.2 Å². The van der Waals surface area contributed by atoms with Crippen LogP contribution in [0.15, 0.2) is 46.1 Å². The number of sulfone groups is 1. The highest BCUT2D eigenvalue weighted by molar-refractivity contribution is 7.91. The van der Waals surface area contributed by atoms with Gasteiger partial charge in [0.1, 0.15) is 0 Å². The van der Waals surface area contributed by atoms with Gasteiger partial charge in [0.05, 0.1) is 11.5 Å². The van der Waals surface area contributed by atoms with Crippen LogP contribution in [0.3, 0.4) is 0 Å². The van der Waals surface area contributed by atoms with Crippen molar-refractivity contribution in [2.24, 2.45) is 0 Å². The van der Waals surface area contributed by atoms with Crippen molar-refractivity contribution >= 4 is 15.7 Å². The van der Waals surface area contributed by atoms with E-state index in [-0.39, 0.29) is 23.5 Å². The van der Waals surface area contributed by atoms with Crippen LogP contribution in [0, 0.1) is 0 Å². The first kappa shape index (κ1) is 11.2. The van der Waals surface area contributed by atoms with Crippen molar-refractivity contribution in [1.29, 1.82) is 0 Å². The fourth-order valence-electron chi connectivity index (χ4n) is 3.01. The number of hydrogen-bond acceptors (Lipinski definition) is 3. The highest BCUT2D eigenvalue weighted by atomic mass is 32.2. The van der Waals surface area contributed by atoms with Gasteiger partial charge >= 0.3 is 0 Å². The van der Waals surface area contributed by atoms with E-state index in [1.807, 2.05) is 12.2 Å². The highest BCUT2D eigenvalue weighted by Crippen LogP contribution is 2.51. The van der Waals surface area contributed by atoms with Crippen molar-refractivity contribution in [2.45, 2.75) is 18.9 Å². The van der Waals surface area contributed by atoms with Gasteiger partial charge in [-0.2, -0.15) is 0 Å². The fourth-order valence-corrected chi connectivity index (χ4v) is 4.68. The summed E-state index contributed by atoms with van der Waals surface area (Å²) in [7, 11) is -2.95. The average Bonchev–Trinajstić information content (AvgIpc) is 2.70. The Bertz CT molecular complexity index is 735. The molecular weight excluding hydrogens is 262 g/mol. The molecule has 1 heterocycles. The van der Waals surface area contributed by atoms with Gasteiger partial charge in [-0.15, -0.1) is 0 Å². The Balaban J connectivity index is 1.54. The van der Waals surface area contributed by atoms with Crippen molar-refractivity contribution in [2.75, 3.05) is 11.5 Å². The SMILES string of the molecule is O=C(NC1CCS(=O)(=O)C1)C1=C2C=C3CC3=C2C=C1. The molecule has 4 nitrogen and oxygen atoms in total. The van der Waals surface area contributed by atoms with Gasteiger partial charge in [0.2, 0.25) is 0 Å². The van der Waals surface area contributed by atoms with Crippen LogP contribution in [-0.2, 0) is 14.6 Å². The van der Waals surface area contributed by atoms with Crippen LogP contribution in [-0.4, -0.2) is 31.9 Å². The third-order valence-electron chi connectivity index (χ3n) is 4.08. The molecule has 0 aromatic heterocycles. The molecule has 1 amide bonds. The van der Waals surface area contributed by atoms with Gasteiger partial charge in [0, 0.05) is 11.6 Å². The lowest BCUT2D eigenvalue weighted by Gasteiger charge is -2.11. The van der Waals surface area contributed by atoms with Crippen LogP contribution in [0.2, 0.25) is 0 Å². The normalized spacial score (nSPS) is 29.5. The summed E-state index contributed by atoms with van der Waals surface area (Å²) in [6, 6.07) is -0.237. The lowest BCUT2D eigenvalue weighted by Crippen LogP contribution is -2.36. The molecule has 4 aliphatic rings. The van der Waals surface area contributed by atoms with E-state index in [1.165, 1.54) is 16.7 Å². The first-order chi connectivity index (χ1) is 9.03. The van der Waals surface area contributed by atoms with Gasteiger partial charge < -0.3 is 5.32 Å². The summed E-state index contributed by atoms with van der Waals surface area (Å²) in [4.78, 5) is 12.2. The second kappa shape index (κ2) is 3.48. The molecule has 0 radical (unpaired) electrons. The number of nitrogens with one attached hydrogen (secondary N) is 1. The molecular formula is C14H13NO3S. The molecule has 98 valence electrons. The highest BCUT2D eigenvalue weighted by Gasteiger charge is 2.36. The van der Waals surface area contributed by atoms with Crippen molar-refractivity contribution in [3.63, 3.8) is 0 Å². The molecule has 2 fully saturated rings. The minimum Gasteiger partial charge on any atom is -0.348 e. The summed E-state index contributed by atoms with van der Waals surface area (Å²) in [5.74, 6) is 0.0983. The number of amides is 1. The maximum atomic E-state index is 12.2. The summed E-state index contributed by atoms with van der Waals surface area (Å²) in [5, 5.41) is 2.84. The average molecular weight is 275 g/mol.